The van der Waals surface area contributed by atoms with Crippen LogP contribution in [-0.4, -0.2) is 47.4 Å². The molecule has 1 aromatic heterocycles. The molecule has 1 aliphatic carbocycles. The molecule has 0 radical (unpaired) electrons. The minimum absolute atomic E-state index is 0.189. The van der Waals surface area contributed by atoms with E-state index in [-0.39, 0.29) is 11.4 Å². The van der Waals surface area contributed by atoms with Gasteiger partial charge in [0.2, 0.25) is 5.91 Å². The average Bonchev–Trinajstić information content (AvgIpc) is 2.90. The van der Waals surface area contributed by atoms with Crippen LogP contribution in [0, 0.1) is 0 Å². The molecule has 0 aromatic carbocycles. The summed E-state index contributed by atoms with van der Waals surface area (Å²) in [6.45, 7) is 4.66. The van der Waals surface area contributed by atoms with Gasteiger partial charge in [0.25, 0.3) is 0 Å². The largest absolute Gasteiger partial charge is 0.340 e. The molecule has 2 N–H and O–H groups in total. The van der Waals surface area contributed by atoms with Gasteiger partial charge in [-0.1, -0.05) is 6.07 Å². The summed E-state index contributed by atoms with van der Waals surface area (Å²) in [4.78, 5) is 18.1. The fourth-order valence-electron chi connectivity index (χ4n) is 3.00. The van der Waals surface area contributed by atoms with E-state index in [0.717, 1.165) is 45.6 Å². The fraction of sp³-hybridized carbons (Fsp3) is 0.667. The van der Waals surface area contributed by atoms with Crippen molar-refractivity contribution in [1.82, 2.24) is 9.80 Å². The number of carbonyl (C=O) groups is 1. The van der Waals surface area contributed by atoms with Gasteiger partial charge in [-0.25, -0.2) is 0 Å². The highest BCUT2D eigenvalue weighted by Crippen LogP contribution is 2.32. The van der Waals surface area contributed by atoms with Crippen LogP contribution in [0.4, 0.5) is 0 Å². The highest BCUT2D eigenvalue weighted by atomic mass is 32.1. The lowest BCUT2D eigenvalue weighted by Crippen LogP contribution is -2.54. The summed E-state index contributed by atoms with van der Waals surface area (Å²) in [5.41, 5.74) is 5.98. The highest BCUT2D eigenvalue weighted by molar-refractivity contribution is 7.09. The molecule has 5 heteroatoms. The molecule has 3 rings (SSSR count). The predicted molar refractivity (Wildman–Crippen MR) is 81.6 cm³/mol. The van der Waals surface area contributed by atoms with E-state index in [2.05, 4.69) is 22.4 Å². The van der Waals surface area contributed by atoms with Crippen LogP contribution in [0.5, 0.6) is 0 Å². The Morgan fingerprint density at radius 1 is 1.30 bits per heavy atom. The highest BCUT2D eigenvalue weighted by Gasteiger charge is 2.36. The van der Waals surface area contributed by atoms with E-state index in [1.165, 1.54) is 11.3 Å². The van der Waals surface area contributed by atoms with Crippen LogP contribution in [0.2, 0.25) is 0 Å². The van der Waals surface area contributed by atoms with Gasteiger partial charge in [-0.05, 0) is 30.7 Å². The summed E-state index contributed by atoms with van der Waals surface area (Å²) in [6, 6.07) is 4.27. The van der Waals surface area contributed by atoms with Crippen molar-refractivity contribution in [2.75, 3.05) is 26.2 Å². The van der Waals surface area contributed by atoms with Gasteiger partial charge in [0.1, 0.15) is 0 Å². The monoisotopic (exact) mass is 293 g/mol. The quantitative estimate of drug-likeness (QED) is 0.918. The molecule has 2 aliphatic rings. The minimum atomic E-state index is -0.189. The van der Waals surface area contributed by atoms with Crippen molar-refractivity contribution in [1.29, 1.82) is 0 Å². The van der Waals surface area contributed by atoms with E-state index in [1.807, 2.05) is 4.90 Å². The van der Waals surface area contributed by atoms with Crippen LogP contribution in [0.3, 0.4) is 0 Å². The molecule has 2 heterocycles. The predicted octanol–water partition coefficient (Wildman–Crippen LogP) is 1.66. The van der Waals surface area contributed by atoms with Gasteiger partial charge in [-0.15, -0.1) is 11.3 Å². The summed E-state index contributed by atoms with van der Waals surface area (Å²) >= 11 is 1.80. The second-order valence-corrected chi connectivity index (χ2v) is 7.16. The standard InChI is InChI=1S/C15H23N3OS/c16-15(4-2-5-15)11-14(19)18-8-6-17(7-9-18)12-13-3-1-10-20-13/h1,3,10H,2,4-9,11-12,16H2. The normalized spacial score (nSPS) is 22.6. The minimum Gasteiger partial charge on any atom is -0.340 e. The molecule has 1 amide bonds. The van der Waals surface area contributed by atoms with Crippen molar-refractivity contribution >= 4 is 17.2 Å². The van der Waals surface area contributed by atoms with Crippen LogP contribution in [0.15, 0.2) is 17.5 Å². The Morgan fingerprint density at radius 2 is 2.05 bits per heavy atom. The molecular formula is C15H23N3OS. The molecule has 0 unspecified atom stereocenters. The number of rotatable bonds is 4. The Kier molecular flexibility index (Phi) is 4.10. The van der Waals surface area contributed by atoms with Gasteiger partial charge in [-0.3, -0.25) is 9.69 Å². The lowest BCUT2D eigenvalue weighted by Gasteiger charge is -2.40. The first-order chi connectivity index (χ1) is 9.65. The van der Waals surface area contributed by atoms with Crippen LogP contribution < -0.4 is 5.73 Å². The summed E-state index contributed by atoms with van der Waals surface area (Å²) in [6.07, 6.45) is 3.74. The van der Waals surface area contributed by atoms with Crippen molar-refractivity contribution in [3.63, 3.8) is 0 Å². The Hall–Kier alpha value is -0.910. The van der Waals surface area contributed by atoms with Crippen LogP contribution in [0.25, 0.3) is 0 Å². The molecule has 2 fully saturated rings. The lowest BCUT2D eigenvalue weighted by molar-refractivity contribution is -0.135. The Labute approximate surface area is 124 Å². The molecular weight excluding hydrogens is 270 g/mol. The van der Waals surface area contributed by atoms with Gasteiger partial charge in [-0.2, -0.15) is 0 Å². The van der Waals surface area contributed by atoms with Gasteiger partial charge in [0, 0.05) is 49.6 Å². The molecule has 20 heavy (non-hydrogen) atoms. The van der Waals surface area contributed by atoms with E-state index >= 15 is 0 Å². The molecule has 0 atom stereocenters. The first-order valence-electron chi connectivity index (χ1n) is 7.46. The third kappa shape index (κ3) is 3.22. The van der Waals surface area contributed by atoms with Crippen LogP contribution in [-0.2, 0) is 11.3 Å². The molecule has 4 nitrogen and oxygen atoms in total. The van der Waals surface area contributed by atoms with E-state index < -0.39 is 0 Å². The number of thiophene rings is 1. The Morgan fingerprint density at radius 3 is 2.60 bits per heavy atom. The first-order valence-corrected chi connectivity index (χ1v) is 8.34. The molecule has 1 saturated heterocycles. The second kappa shape index (κ2) is 5.84. The Balaban J connectivity index is 1.44. The van der Waals surface area contributed by atoms with E-state index in [4.69, 9.17) is 5.73 Å². The zero-order valence-corrected chi connectivity index (χ0v) is 12.7. The second-order valence-electron chi connectivity index (χ2n) is 6.13. The van der Waals surface area contributed by atoms with Gasteiger partial charge in [0.15, 0.2) is 0 Å². The molecule has 0 spiro atoms. The summed E-state index contributed by atoms with van der Waals surface area (Å²) < 4.78 is 0. The van der Waals surface area contributed by atoms with Crippen molar-refractivity contribution in [3.05, 3.63) is 22.4 Å². The van der Waals surface area contributed by atoms with Crippen molar-refractivity contribution in [2.45, 2.75) is 37.8 Å². The third-order valence-electron chi connectivity index (χ3n) is 4.54. The topological polar surface area (TPSA) is 49.6 Å². The van der Waals surface area contributed by atoms with Gasteiger partial charge < -0.3 is 10.6 Å². The molecule has 1 saturated carbocycles. The number of carbonyl (C=O) groups excluding carboxylic acids is 1. The number of nitrogens with zero attached hydrogens (tertiary/aromatic N) is 2. The van der Waals surface area contributed by atoms with Crippen molar-refractivity contribution in [2.24, 2.45) is 5.73 Å². The SMILES string of the molecule is NC1(CC(=O)N2CCN(Cc3cccs3)CC2)CCC1. The van der Waals surface area contributed by atoms with E-state index in [1.54, 1.807) is 11.3 Å². The summed E-state index contributed by atoms with van der Waals surface area (Å²) in [5.74, 6) is 0.253. The third-order valence-corrected chi connectivity index (χ3v) is 5.40. The maximum Gasteiger partial charge on any atom is 0.224 e. The molecule has 1 aliphatic heterocycles. The number of amides is 1. The number of hydrogen-bond donors (Lipinski definition) is 1. The fourth-order valence-corrected chi connectivity index (χ4v) is 3.75. The number of nitrogens with two attached hydrogens (primary N) is 1. The van der Waals surface area contributed by atoms with Gasteiger partial charge in [0.05, 0.1) is 0 Å². The number of hydrogen-bond acceptors (Lipinski definition) is 4. The maximum atomic E-state index is 12.3. The van der Waals surface area contributed by atoms with Crippen molar-refractivity contribution in [3.8, 4) is 0 Å². The molecule has 1 aromatic rings. The molecule has 110 valence electrons. The van der Waals surface area contributed by atoms with Crippen LogP contribution >= 0.6 is 11.3 Å². The number of piperazine rings is 1. The summed E-state index contributed by atoms with van der Waals surface area (Å²) in [7, 11) is 0. The maximum absolute atomic E-state index is 12.3. The van der Waals surface area contributed by atoms with Crippen LogP contribution in [0.1, 0.15) is 30.6 Å². The zero-order valence-electron chi connectivity index (χ0n) is 11.9. The first kappa shape index (κ1) is 14.0. The van der Waals surface area contributed by atoms with Crippen molar-refractivity contribution < 1.29 is 4.79 Å². The molecule has 0 bridgehead atoms. The zero-order chi connectivity index (χ0) is 14.0. The lowest BCUT2D eigenvalue weighted by atomic mass is 9.75. The summed E-state index contributed by atoms with van der Waals surface area (Å²) in [5, 5.41) is 2.12. The Bertz CT molecular complexity index is 448. The van der Waals surface area contributed by atoms with E-state index in [9.17, 15) is 4.79 Å². The average molecular weight is 293 g/mol. The smallest absolute Gasteiger partial charge is 0.224 e. The van der Waals surface area contributed by atoms with E-state index in [0.29, 0.717) is 6.42 Å². The van der Waals surface area contributed by atoms with Gasteiger partial charge >= 0.3 is 0 Å².